The van der Waals surface area contributed by atoms with Crippen LogP contribution in [0.5, 0.6) is 0 Å². The van der Waals surface area contributed by atoms with Gasteiger partial charge in [-0.25, -0.2) is 0 Å². The van der Waals surface area contributed by atoms with Gasteiger partial charge in [-0.2, -0.15) is 0 Å². The van der Waals surface area contributed by atoms with E-state index in [2.05, 4.69) is 31.3 Å². The van der Waals surface area contributed by atoms with Crippen LogP contribution in [0.2, 0.25) is 0 Å². The van der Waals surface area contributed by atoms with Crippen molar-refractivity contribution in [3.63, 3.8) is 0 Å². The summed E-state index contributed by atoms with van der Waals surface area (Å²) in [6.07, 6.45) is 14.9. The van der Waals surface area contributed by atoms with Crippen LogP contribution in [0.15, 0.2) is 50.1 Å². The van der Waals surface area contributed by atoms with E-state index in [-0.39, 0.29) is 0 Å². The quantitative estimate of drug-likeness (QED) is 0.739. The molecule has 0 aliphatic rings. The zero-order chi connectivity index (χ0) is 12.7. The van der Waals surface area contributed by atoms with Gasteiger partial charge in [0.2, 0.25) is 0 Å². The van der Waals surface area contributed by atoms with Crippen molar-refractivity contribution in [3.8, 4) is 0 Å². The highest BCUT2D eigenvalue weighted by Crippen LogP contribution is 2.03. The van der Waals surface area contributed by atoms with Crippen LogP contribution in [0.3, 0.4) is 0 Å². The fourth-order valence-corrected chi connectivity index (χ4v) is 1.53. The van der Waals surface area contributed by atoms with E-state index >= 15 is 0 Å². The van der Waals surface area contributed by atoms with Gasteiger partial charge in [-0.1, -0.05) is 68.8 Å². The van der Waals surface area contributed by atoms with Crippen molar-refractivity contribution in [2.45, 2.75) is 0 Å². The number of H-pyrrole nitrogens is 1. The molecule has 0 aliphatic heterocycles. The highest BCUT2D eigenvalue weighted by molar-refractivity contribution is 5.65. The molecule has 0 unspecified atom stereocenters. The van der Waals surface area contributed by atoms with E-state index in [4.69, 9.17) is 0 Å². The van der Waals surface area contributed by atoms with Crippen LogP contribution in [0.1, 0.15) is 11.3 Å². The first-order valence-electron chi connectivity index (χ1n) is 5.36. The Labute approximate surface area is 102 Å². The van der Waals surface area contributed by atoms with Crippen molar-refractivity contribution >= 4 is 24.8 Å². The Kier molecular flexibility index (Phi) is 4.77. The first-order chi connectivity index (χ1) is 8.24. The summed E-state index contributed by atoms with van der Waals surface area (Å²) in [6, 6.07) is 0. The van der Waals surface area contributed by atoms with Gasteiger partial charge in [0, 0.05) is 21.8 Å². The van der Waals surface area contributed by atoms with Gasteiger partial charge in [0.05, 0.1) is 0 Å². The van der Waals surface area contributed by atoms with E-state index < -0.39 is 0 Å². The largest absolute Gasteiger partial charge is 0.355 e. The van der Waals surface area contributed by atoms with Crippen LogP contribution < -0.4 is 10.6 Å². The lowest BCUT2D eigenvalue weighted by Gasteiger charge is -1.90. The molecule has 86 valence electrons. The maximum Gasteiger partial charge on any atom is 0.0458 e. The molecule has 1 heteroatoms. The van der Waals surface area contributed by atoms with Crippen LogP contribution in [-0.4, -0.2) is 4.98 Å². The number of aromatic nitrogens is 1. The summed E-state index contributed by atoms with van der Waals surface area (Å²) in [5.74, 6) is 0. The van der Waals surface area contributed by atoms with Gasteiger partial charge in [0.15, 0.2) is 0 Å². The second-order valence-corrected chi connectivity index (χ2v) is 3.43. The molecule has 0 radical (unpaired) electrons. The molecule has 17 heavy (non-hydrogen) atoms. The molecule has 0 atom stereocenters. The minimum absolute atomic E-state index is 0.873. The van der Waals surface area contributed by atoms with Crippen LogP contribution in [0, 0.1) is 0 Å². The molecule has 0 fully saturated rings. The third-order valence-corrected chi connectivity index (χ3v) is 2.30. The lowest BCUT2D eigenvalue weighted by atomic mass is 10.1. The van der Waals surface area contributed by atoms with Crippen LogP contribution in [0.25, 0.3) is 24.8 Å². The first kappa shape index (κ1) is 12.8. The molecule has 1 heterocycles. The number of hydrogen-bond acceptors (Lipinski definition) is 0. The van der Waals surface area contributed by atoms with Crippen LogP contribution in [-0.2, 0) is 0 Å². The molecule has 1 aromatic rings. The van der Waals surface area contributed by atoms with E-state index in [0.717, 1.165) is 21.8 Å². The monoisotopic (exact) mass is 223 g/mol. The SMILES string of the molecule is C=C/C=C\C=c1\c(/C=C\C=C)c(C=C)[nH]c1=C. The number of hydrogen-bond donors (Lipinski definition) is 1. The maximum absolute atomic E-state index is 3.98. The molecule has 0 aromatic carbocycles. The Morgan fingerprint density at radius 2 is 1.65 bits per heavy atom. The predicted octanol–water partition coefficient (Wildman–Crippen LogP) is 2.79. The highest BCUT2D eigenvalue weighted by Gasteiger charge is 2.00. The second-order valence-electron chi connectivity index (χ2n) is 3.43. The Balaban J connectivity index is 3.46. The van der Waals surface area contributed by atoms with E-state index in [9.17, 15) is 0 Å². The van der Waals surface area contributed by atoms with E-state index in [0.29, 0.717) is 0 Å². The summed E-state index contributed by atoms with van der Waals surface area (Å²) in [6.45, 7) is 15.1. The summed E-state index contributed by atoms with van der Waals surface area (Å²) in [5, 5.41) is 1.92. The summed E-state index contributed by atoms with van der Waals surface area (Å²) in [7, 11) is 0. The Morgan fingerprint density at radius 3 is 2.24 bits per heavy atom. The summed E-state index contributed by atoms with van der Waals surface area (Å²) in [5.41, 5.74) is 2.03. The minimum atomic E-state index is 0.873. The fraction of sp³-hybridized carbons (Fsp3) is 0. The highest BCUT2D eigenvalue weighted by atomic mass is 14.7. The molecule has 0 saturated carbocycles. The van der Waals surface area contributed by atoms with Crippen molar-refractivity contribution in [1.82, 2.24) is 4.98 Å². The standard InChI is InChI=1S/C16H17N/c1-5-8-10-12-14-13(4)17-16(7-3)15(14)11-9-6-2/h5-12,17H,1-4H2/b10-8-,11-9-,14-12+. The van der Waals surface area contributed by atoms with Crippen LogP contribution >= 0.6 is 0 Å². The molecule has 0 spiro atoms. The average molecular weight is 223 g/mol. The molecule has 0 saturated heterocycles. The number of rotatable bonds is 5. The van der Waals surface area contributed by atoms with Gasteiger partial charge in [-0.15, -0.1) is 0 Å². The van der Waals surface area contributed by atoms with Gasteiger partial charge in [-0.05, 0) is 6.08 Å². The lowest BCUT2D eigenvalue weighted by molar-refractivity contribution is 1.30. The fourth-order valence-electron chi connectivity index (χ4n) is 1.53. The molecule has 1 rings (SSSR count). The predicted molar refractivity (Wildman–Crippen MR) is 78.7 cm³/mol. The van der Waals surface area contributed by atoms with Crippen molar-refractivity contribution in [2.24, 2.45) is 0 Å². The van der Waals surface area contributed by atoms with Gasteiger partial charge < -0.3 is 4.98 Å². The lowest BCUT2D eigenvalue weighted by Crippen LogP contribution is -2.21. The van der Waals surface area contributed by atoms with Crippen molar-refractivity contribution in [3.05, 3.63) is 71.9 Å². The third kappa shape index (κ3) is 3.08. The Bertz CT molecular complexity index is 580. The van der Waals surface area contributed by atoms with Crippen molar-refractivity contribution < 1.29 is 0 Å². The van der Waals surface area contributed by atoms with Crippen molar-refractivity contribution in [2.75, 3.05) is 0 Å². The second kappa shape index (κ2) is 6.33. The molecule has 0 amide bonds. The summed E-state index contributed by atoms with van der Waals surface area (Å²) < 4.78 is 0. The zero-order valence-electron chi connectivity index (χ0n) is 9.95. The minimum Gasteiger partial charge on any atom is -0.355 e. The Hall–Kier alpha value is -2.28. The Morgan fingerprint density at radius 1 is 0.941 bits per heavy atom. The summed E-state index contributed by atoms with van der Waals surface area (Å²) in [4.78, 5) is 3.19. The van der Waals surface area contributed by atoms with Crippen LogP contribution in [0.4, 0.5) is 0 Å². The number of nitrogens with one attached hydrogen (secondary N) is 1. The molecule has 1 nitrogen and oxygen atoms in total. The molecule has 1 aromatic heterocycles. The third-order valence-electron chi connectivity index (χ3n) is 2.30. The number of aromatic amines is 1. The van der Waals surface area contributed by atoms with Crippen molar-refractivity contribution in [1.29, 1.82) is 0 Å². The molecule has 1 N–H and O–H groups in total. The number of allylic oxidation sites excluding steroid dienone is 5. The molecule has 0 aliphatic carbocycles. The molecular formula is C16H17N. The zero-order valence-corrected chi connectivity index (χ0v) is 9.95. The van der Waals surface area contributed by atoms with Gasteiger partial charge >= 0.3 is 0 Å². The van der Waals surface area contributed by atoms with E-state index in [1.165, 1.54) is 0 Å². The van der Waals surface area contributed by atoms with Gasteiger partial charge in [0.1, 0.15) is 0 Å². The van der Waals surface area contributed by atoms with Gasteiger partial charge in [0.25, 0.3) is 0 Å². The maximum atomic E-state index is 3.98. The topological polar surface area (TPSA) is 15.8 Å². The normalized spacial score (nSPS) is 12.4. The van der Waals surface area contributed by atoms with Gasteiger partial charge in [-0.3, -0.25) is 0 Å². The summed E-state index contributed by atoms with van der Waals surface area (Å²) >= 11 is 0. The van der Waals surface area contributed by atoms with E-state index in [1.807, 2.05) is 30.4 Å². The van der Waals surface area contributed by atoms with E-state index in [1.54, 1.807) is 18.2 Å². The average Bonchev–Trinajstić information content (AvgIpc) is 2.63. The first-order valence-corrected chi connectivity index (χ1v) is 5.36. The molecule has 0 bridgehead atoms. The molecular weight excluding hydrogens is 206 g/mol. The smallest absolute Gasteiger partial charge is 0.0458 e.